The van der Waals surface area contributed by atoms with Crippen LogP contribution in [0.3, 0.4) is 0 Å². The topological polar surface area (TPSA) is 340 Å². The number of aliphatic hydroxyl groups excluding tert-OH is 6. The van der Waals surface area contributed by atoms with E-state index in [9.17, 15) is 70.9 Å². The maximum Gasteiger partial charge on any atom is 0.229 e. The molecule has 12 N–H and O–H groups in total. The molecule has 2 saturated heterocycles. The molecule has 20 heteroatoms. The molecule has 4 heterocycles. The molecule has 0 spiro atoms. The first kappa shape index (κ1) is 43.6. The third-order valence-corrected chi connectivity index (χ3v) is 10.2. The van der Waals surface area contributed by atoms with Crippen LogP contribution in [0.25, 0.3) is 44.6 Å². The van der Waals surface area contributed by atoms with E-state index in [1.807, 2.05) is 0 Å². The molecular formula is C42H40O20. The highest BCUT2D eigenvalue weighted by atomic mass is 16.8. The van der Waals surface area contributed by atoms with Gasteiger partial charge in [-0.15, -0.1) is 0 Å². The summed E-state index contributed by atoms with van der Waals surface area (Å²) in [5.41, 5.74) is -0.288. The zero-order valence-corrected chi connectivity index (χ0v) is 32.1. The predicted octanol–water partition coefficient (Wildman–Crippen LogP) is 1.18. The number of aliphatic hydroxyl groups is 6. The van der Waals surface area contributed by atoms with E-state index in [1.165, 1.54) is 67.6 Å². The van der Waals surface area contributed by atoms with Gasteiger partial charge in [0, 0.05) is 47.5 Å². The smallest absolute Gasteiger partial charge is 0.229 e. The molecule has 0 radical (unpaired) electrons. The van der Waals surface area contributed by atoms with Crippen molar-refractivity contribution in [3.05, 3.63) is 99.3 Å². The van der Waals surface area contributed by atoms with Crippen LogP contribution in [0.15, 0.2) is 97.3 Å². The third kappa shape index (κ3) is 8.67. The van der Waals surface area contributed by atoms with E-state index < -0.39 is 84.6 Å². The average Bonchev–Trinajstić information content (AvgIpc) is 3.22. The molecule has 2 aromatic heterocycles. The molecule has 0 aliphatic carbocycles. The first-order chi connectivity index (χ1) is 29.4. The summed E-state index contributed by atoms with van der Waals surface area (Å²) >= 11 is 0. The summed E-state index contributed by atoms with van der Waals surface area (Å²) in [6.07, 6.45) is -15.3. The summed E-state index contributed by atoms with van der Waals surface area (Å²) in [4.78, 5) is 24.8. The Kier molecular flexibility index (Phi) is 12.3. The molecule has 0 amide bonds. The van der Waals surface area contributed by atoms with Crippen LogP contribution in [0.5, 0.6) is 40.2 Å². The van der Waals surface area contributed by atoms with Crippen LogP contribution in [-0.4, -0.2) is 129 Å². The second kappa shape index (κ2) is 17.5. The fraction of sp³-hybridized carbons (Fsp3) is 0.286. The molecule has 4 aromatic carbocycles. The first-order valence-corrected chi connectivity index (χ1v) is 18.7. The minimum atomic E-state index is -1.76. The zero-order valence-electron chi connectivity index (χ0n) is 32.1. The van der Waals surface area contributed by atoms with Crippen molar-refractivity contribution in [2.24, 2.45) is 0 Å². The molecule has 20 nitrogen and oxygen atoms in total. The van der Waals surface area contributed by atoms with Gasteiger partial charge in [0.2, 0.25) is 6.29 Å². The second-order valence-corrected chi connectivity index (χ2v) is 14.5. The molecule has 0 bridgehead atoms. The van der Waals surface area contributed by atoms with Gasteiger partial charge < -0.3 is 89.1 Å². The summed E-state index contributed by atoms with van der Waals surface area (Å²) < 4.78 is 33.8. The van der Waals surface area contributed by atoms with Crippen molar-refractivity contribution in [3.8, 4) is 62.9 Å². The fourth-order valence-electron chi connectivity index (χ4n) is 6.86. The number of aromatic hydroxyl groups is 6. The Morgan fingerprint density at radius 1 is 0.548 bits per heavy atom. The van der Waals surface area contributed by atoms with Crippen molar-refractivity contribution in [1.82, 2.24) is 0 Å². The summed E-state index contributed by atoms with van der Waals surface area (Å²) in [6, 6.07) is 16.8. The molecule has 328 valence electrons. The van der Waals surface area contributed by atoms with Crippen LogP contribution < -0.4 is 15.6 Å². The van der Waals surface area contributed by atoms with Gasteiger partial charge in [0.1, 0.15) is 98.8 Å². The van der Waals surface area contributed by atoms with Gasteiger partial charge in [-0.1, -0.05) is 0 Å². The molecule has 10 atom stereocenters. The van der Waals surface area contributed by atoms with Gasteiger partial charge in [-0.3, -0.25) is 9.59 Å². The lowest BCUT2D eigenvalue weighted by molar-refractivity contribution is -0.354. The molecule has 0 saturated carbocycles. The van der Waals surface area contributed by atoms with E-state index in [2.05, 4.69) is 0 Å². The van der Waals surface area contributed by atoms with E-state index in [0.29, 0.717) is 11.1 Å². The van der Waals surface area contributed by atoms with Gasteiger partial charge in [-0.2, -0.15) is 0 Å². The highest BCUT2D eigenvalue weighted by molar-refractivity contribution is 5.87. The number of ether oxygens (including phenoxy) is 4. The number of rotatable bonds is 7. The van der Waals surface area contributed by atoms with Gasteiger partial charge >= 0.3 is 0 Å². The van der Waals surface area contributed by atoms with Crippen LogP contribution in [0, 0.1) is 0 Å². The second-order valence-electron chi connectivity index (χ2n) is 14.5. The van der Waals surface area contributed by atoms with E-state index in [1.54, 1.807) is 0 Å². The Balaban J connectivity index is 0.000000230. The lowest BCUT2D eigenvalue weighted by atomic mass is 9.97. The third-order valence-electron chi connectivity index (χ3n) is 10.2. The van der Waals surface area contributed by atoms with Gasteiger partial charge in [-0.25, -0.2) is 0 Å². The quantitative estimate of drug-likeness (QED) is 0.100. The monoisotopic (exact) mass is 864 g/mol. The molecule has 8 rings (SSSR count). The van der Waals surface area contributed by atoms with Crippen LogP contribution >= 0.6 is 0 Å². The molecule has 0 unspecified atom stereocenters. The number of phenols is 6. The van der Waals surface area contributed by atoms with E-state index in [4.69, 9.17) is 27.8 Å². The number of hydrogen-bond acceptors (Lipinski definition) is 20. The molecule has 2 aliphatic heterocycles. The first-order valence-electron chi connectivity index (χ1n) is 18.7. The Hall–Kier alpha value is -6.46. The Morgan fingerprint density at radius 3 is 1.77 bits per heavy atom. The lowest BCUT2D eigenvalue weighted by Crippen LogP contribution is -2.64. The lowest BCUT2D eigenvalue weighted by Gasteiger charge is -2.45. The van der Waals surface area contributed by atoms with Crippen molar-refractivity contribution >= 4 is 21.9 Å². The van der Waals surface area contributed by atoms with E-state index >= 15 is 0 Å². The van der Waals surface area contributed by atoms with Crippen LogP contribution in [0.1, 0.15) is 6.92 Å². The van der Waals surface area contributed by atoms with Crippen molar-refractivity contribution in [1.29, 1.82) is 0 Å². The van der Waals surface area contributed by atoms with Gasteiger partial charge in [0.05, 0.1) is 12.7 Å². The maximum atomic E-state index is 12.8. The van der Waals surface area contributed by atoms with E-state index in [0.717, 1.165) is 18.2 Å². The maximum absolute atomic E-state index is 12.8. The van der Waals surface area contributed by atoms with Crippen LogP contribution in [0.2, 0.25) is 0 Å². The van der Waals surface area contributed by atoms with Gasteiger partial charge in [0.15, 0.2) is 34.8 Å². The highest BCUT2D eigenvalue weighted by Crippen LogP contribution is 2.36. The van der Waals surface area contributed by atoms with Crippen molar-refractivity contribution in [2.45, 2.75) is 68.3 Å². The molecular weight excluding hydrogens is 824 g/mol. The minimum absolute atomic E-state index is 0.00857. The number of phenolic OH excluding ortho intramolecular Hbond substituents is 6. The normalized spacial score (nSPS) is 26.2. The van der Waals surface area contributed by atoms with Crippen LogP contribution in [-0.2, 0) is 14.2 Å². The standard InChI is InChI=1S/C27H30O14.C15H10O6/c1-10-20(32)22(34)24(36)26(37-10)41-25-23(35)21(33)18(9-28)40-27(25)38-13-6-14(30)19-15(31)8-16(39-17(19)7-13)11-2-4-12(29)5-3-11;16-8-4-11(19)15-12(20)6-13(21-14(15)5-8)7-1-2-9(17)10(18)3-7/h2-8,10,18,20-30,32-36H,9H2,1H3;1-6,16-19H/t10-,18+,20-,21+,22+,23-,24+,25+,26-,27+;/m0./s1. The average molecular weight is 865 g/mol. The number of hydrogen-bond donors (Lipinski definition) is 12. The molecule has 2 fully saturated rings. The summed E-state index contributed by atoms with van der Waals surface area (Å²) in [6.45, 7) is 0.704. The van der Waals surface area contributed by atoms with Gasteiger partial charge in [-0.05, 0) is 49.4 Å². The van der Waals surface area contributed by atoms with Crippen LogP contribution in [0.4, 0.5) is 0 Å². The molecule has 6 aromatic rings. The Bertz CT molecular complexity index is 2700. The summed E-state index contributed by atoms with van der Waals surface area (Å²) in [5, 5.41) is 119. The Morgan fingerprint density at radius 2 is 1.15 bits per heavy atom. The SMILES string of the molecule is C[C@@H]1O[C@@H](O[C@H]2[C@H](Oc3cc(O)c4c(=O)cc(-c5ccc(O)cc5)oc4c3)O[C@H](CO)[C@@H](O)[C@@H]2O)[C@H](O)[C@H](O)[C@H]1O.O=c1cc(-c2ccc(O)c(O)c2)oc2cc(O)cc(O)c12. The fourth-order valence-corrected chi connectivity index (χ4v) is 6.86. The van der Waals surface area contributed by atoms with Crippen molar-refractivity contribution in [3.63, 3.8) is 0 Å². The Labute approximate surface area is 347 Å². The zero-order chi connectivity index (χ0) is 44.7. The summed E-state index contributed by atoms with van der Waals surface area (Å²) in [7, 11) is 0. The van der Waals surface area contributed by atoms with Gasteiger partial charge in [0.25, 0.3) is 0 Å². The van der Waals surface area contributed by atoms with Crippen molar-refractivity contribution in [2.75, 3.05) is 6.61 Å². The number of benzene rings is 4. The summed E-state index contributed by atoms with van der Waals surface area (Å²) in [5.74, 6) is -1.63. The predicted molar refractivity (Wildman–Crippen MR) is 211 cm³/mol. The molecule has 62 heavy (non-hydrogen) atoms. The molecule has 2 aliphatic rings. The minimum Gasteiger partial charge on any atom is -0.508 e. The van der Waals surface area contributed by atoms with E-state index in [-0.39, 0.29) is 68.0 Å². The highest BCUT2D eigenvalue weighted by Gasteiger charge is 2.51. The largest absolute Gasteiger partial charge is 0.508 e. The number of fused-ring (bicyclic) bond motifs is 2. The van der Waals surface area contributed by atoms with Crippen molar-refractivity contribution < 1.29 is 89.1 Å².